The SMILES string of the molecule is CCCCC/C=C\C=C/CCCCCCC(O)CC(=O)NC(COP(=O)(O)OCCN)C(O)/C=C/CC/C=C/CC/C=C/CCCCCCCCC. The smallest absolute Gasteiger partial charge is 0.393 e. The lowest BCUT2D eigenvalue weighted by atomic mass is 10.0. The predicted molar refractivity (Wildman–Crippen MR) is 218 cm³/mol. The number of phosphoric ester groups is 1. The summed E-state index contributed by atoms with van der Waals surface area (Å²) in [5.74, 6) is -0.475. The van der Waals surface area contributed by atoms with Crippen molar-refractivity contribution in [1.82, 2.24) is 5.32 Å². The molecule has 0 aromatic heterocycles. The summed E-state index contributed by atoms with van der Waals surface area (Å²) in [5.41, 5.74) is 5.35. The lowest BCUT2D eigenvalue weighted by Gasteiger charge is -2.24. The standard InChI is InChI=1S/C42H77N2O7P/c1-3-5-7-9-11-13-15-17-18-19-20-22-24-26-28-30-32-34-41(46)40(38-51-52(48,49)50-36-35-43)44-42(47)37-39(45)33-31-29-27-25-23-21-16-14-12-10-8-6-4-2/h12,14,16,18-19,21,24,26,32,34,39-41,45-46H,3-11,13,15,17,20,22-23,25,27-31,33,35-38,43H2,1-2H3,(H,44,47)(H,48,49)/b14-12-,19-18+,21-16-,26-24+,34-32+. The van der Waals surface area contributed by atoms with Gasteiger partial charge in [0.25, 0.3) is 0 Å². The van der Waals surface area contributed by atoms with Crippen LogP contribution in [0, 0.1) is 0 Å². The van der Waals surface area contributed by atoms with Crippen LogP contribution in [0.4, 0.5) is 0 Å². The molecule has 0 aliphatic heterocycles. The van der Waals surface area contributed by atoms with Crippen molar-refractivity contribution in [3.05, 3.63) is 60.8 Å². The van der Waals surface area contributed by atoms with Gasteiger partial charge in [-0.2, -0.15) is 0 Å². The summed E-state index contributed by atoms with van der Waals surface area (Å²) in [7, 11) is -4.41. The molecular formula is C42H77N2O7P. The van der Waals surface area contributed by atoms with Crippen LogP contribution >= 0.6 is 7.82 Å². The monoisotopic (exact) mass is 753 g/mol. The van der Waals surface area contributed by atoms with E-state index in [2.05, 4.69) is 67.8 Å². The molecular weight excluding hydrogens is 675 g/mol. The van der Waals surface area contributed by atoms with Crippen LogP contribution in [0.2, 0.25) is 0 Å². The predicted octanol–water partition coefficient (Wildman–Crippen LogP) is 10.1. The van der Waals surface area contributed by atoms with Crippen molar-refractivity contribution >= 4 is 13.7 Å². The number of nitrogens with two attached hydrogens (primary N) is 1. The normalized spacial score (nSPS) is 15.4. The number of nitrogens with one attached hydrogen (secondary N) is 1. The highest BCUT2D eigenvalue weighted by atomic mass is 31.2. The van der Waals surface area contributed by atoms with Crippen LogP contribution in [0.25, 0.3) is 0 Å². The molecule has 0 aliphatic rings. The van der Waals surface area contributed by atoms with Gasteiger partial charge in [-0.3, -0.25) is 13.8 Å². The molecule has 0 spiro atoms. The minimum absolute atomic E-state index is 0.0374. The first-order valence-electron chi connectivity index (χ1n) is 20.5. The first-order valence-corrected chi connectivity index (χ1v) is 22.0. The molecule has 6 N–H and O–H groups in total. The number of phosphoric acid groups is 1. The van der Waals surface area contributed by atoms with E-state index in [0.717, 1.165) is 64.2 Å². The third-order valence-corrected chi connectivity index (χ3v) is 9.61. The second-order valence-electron chi connectivity index (χ2n) is 13.7. The largest absolute Gasteiger partial charge is 0.472 e. The molecule has 9 nitrogen and oxygen atoms in total. The van der Waals surface area contributed by atoms with Crippen molar-refractivity contribution in [2.75, 3.05) is 19.8 Å². The Hall–Kier alpha value is -1.84. The molecule has 0 radical (unpaired) electrons. The Morgan fingerprint density at radius 1 is 0.673 bits per heavy atom. The van der Waals surface area contributed by atoms with Crippen molar-refractivity contribution < 1.29 is 33.5 Å². The highest BCUT2D eigenvalue weighted by molar-refractivity contribution is 7.47. The fraction of sp³-hybridized carbons (Fsp3) is 0.738. The third kappa shape index (κ3) is 35.2. The third-order valence-electron chi connectivity index (χ3n) is 8.63. The Bertz CT molecular complexity index is 1010. The van der Waals surface area contributed by atoms with E-state index in [-0.39, 0.29) is 19.6 Å². The molecule has 0 saturated heterocycles. The molecule has 0 fully saturated rings. The number of carbonyl (C=O) groups excluding carboxylic acids is 1. The Morgan fingerprint density at radius 3 is 1.75 bits per heavy atom. The van der Waals surface area contributed by atoms with E-state index in [1.165, 1.54) is 64.2 Å². The maximum absolute atomic E-state index is 12.8. The molecule has 1 amide bonds. The number of rotatable bonds is 37. The molecule has 10 heteroatoms. The lowest BCUT2D eigenvalue weighted by molar-refractivity contribution is -0.124. The first-order chi connectivity index (χ1) is 25.3. The van der Waals surface area contributed by atoms with E-state index < -0.39 is 38.6 Å². The number of allylic oxidation sites excluding steroid dienone is 9. The van der Waals surface area contributed by atoms with Gasteiger partial charge in [0.05, 0.1) is 37.9 Å². The van der Waals surface area contributed by atoms with Gasteiger partial charge in [-0.1, -0.05) is 145 Å². The minimum Gasteiger partial charge on any atom is -0.393 e. The molecule has 4 atom stereocenters. The number of aliphatic hydroxyl groups is 2. The van der Waals surface area contributed by atoms with Crippen molar-refractivity contribution in [3.8, 4) is 0 Å². The second-order valence-corrected chi connectivity index (χ2v) is 15.1. The molecule has 0 aromatic rings. The minimum atomic E-state index is -4.41. The van der Waals surface area contributed by atoms with Crippen LogP contribution in [-0.2, 0) is 18.4 Å². The van der Waals surface area contributed by atoms with Gasteiger partial charge >= 0.3 is 7.82 Å². The first kappa shape index (κ1) is 50.2. The van der Waals surface area contributed by atoms with Crippen LogP contribution in [0.15, 0.2) is 60.8 Å². The van der Waals surface area contributed by atoms with Crippen LogP contribution in [0.5, 0.6) is 0 Å². The van der Waals surface area contributed by atoms with Crippen LogP contribution < -0.4 is 11.1 Å². The van der Waals surface area contributed by atoms with E-state index in [1.807, 2.05) is 6.08 Å². The molecule has 0 saturated carbocycles. The molecule has 0 bridgehead atoms. The molecule has 0 aromatic carbocycles. The quantitative estimate of drug-likeness (QED) is 0.0182. The van der Waals surface area contributed by atoms with E-state index in [9.17, 15) is 24.5 Å². The zero-order valence-corrected chi connectivity index (χ0v) is 33.8. The van der Waals surface area contributed by atoms with E-state index in [0.29, 0.717) is 12.8 Å². The van der Waals surface area contributed by atoms with Gasteiger partial charge in [0.15, 0.2) is 0 Å². The Balaban J connectivity index is 4.51. The highest BCUT2D eigenvalue weighted by Gasteiger charge is 2.27. The Kier molecular flexibility index (Phi) is 36.1. The number of unbranched alkanes of at least 4 members (excludes halogenated alkanes) is 16. The van der Waals surface area contributed by atoms with Gasteiger partial charge < -0.3 is 26.2 Å². The number of amides is 1. The summed E-state index contributed by atoms with van der Waals surface area (Å²) >= 11 is 0. The maximum Gasteiger partial charge on any atom is 0.472 e. The summed E-state index contributed by atoms with van der Waals surface area (Å²) in [4.78, 5) is 22.7. The van der Waals surface area contributed by atoms with Crippen molar-refractivity contribution in [2.45, 2.75) is 180 Å². The van der Waals surface area contributed by atoms with Crippen LogP contribution in [-0.4, -0.2) is 59.0 Å². The van der Waals surface area contributed by atoms with Gasteiger partial charge in [0.2, 0.25) is 5.91 Å². The summed E-state index contributed by atoms with van der Waals surface area (Å²) in [5, 5.41) is 23.9. The van der Waals surface area contributed by atoms with Gasteiger partial charge in [-0.15, -0.1) is 0 Å². The molecule has 0 rings (SSSR count). The lowest BCUT2D eigenvalue weighted by Crippen LogP contribution is -2.46. The summed E-state index contributed by atoms with van der Waals surface area (Å²) in [6, 6.07) is -1.01. The zero-order valence-electron chi connectivity index (χ0n) is 32.9. The molecule has 0 aliphatic carbocycles. The fourth-order valence-electron chi connectivity index (χ4n) is 5.49. The Labute approximate surface area is 317 Å². The maximum atomic E-state index is 12.8. The van der Waals surface area contributed by atoms with E-state index in [4.69, 9.17) is 14.8 Å². The summed E-state index contributed by atoms with van der Waals surface area (Å²) < 4.78 is 22.0. The topological polar surface area (TPSA) is 151 Å². The summed E-state index contributed by atoms with van der Waals surface area (Å²) in [6.45, 7) is 3.87. The van der Waals surface area contributed by atoms with Crippen molar-refractivity contribution in [3.63, 3.8) is 0 Å². The van der Waals surface area contributed by atoms with Crippen molar-refractivity contribution in [1.29, 1.82) is 0 Å². The number of carbonyl (C=O) groups is 1. The van der Waals surface area contributed by atoms with Crippen LogP contribution in [0.1, 0.15) is 162 Å². The number of hydrogen-bond donors (Lipinski definition) is 5. The average molecular weight is 753 g/mol. The van der Waals surface area contributed by atoms with E-state index >= 15 is 0 Å². The number of aliphatic hydroxyl groups excluding tert-OH is 2. The summed E-state index contributed by atoms with van der Waals surface area (Å²) in [6.07, 6.45) is 43.0. The van der Waals surface area contributed by atoms with Gasteiger partial charge in [-0.05, 0) is 70.6 Å². The van der Waals surface area contributed by atoms with Crippen LogP contribution in [0.3, 0.4) is 0 Å². The number of hydrogen-bond acceptors (Lipinski definition) is 7. The molecule has 4 unspecified atom stereocenters. The molecule has 52 heavy (non-hydrogen) atoms. The fourth-order valence-corrected chi connectivity index (χ4v) is 6.25. The molecule has 0 heterocycles. The van der Waals surface area contributed by atoms with Gasteiger partial charge in [0, 0.05) is 6.54 Å². The second kappa shape index (κ2) is 37.5. The highest BCUT2D eigenvalue weighted by Crippen LogP contribution is 2.43. The van der Waals surface area contributed by atoms with Gasteiger partial charge in [-0.25, -0.2) is 4.57 Å². The molecule has 302 valence electrons. The Morgan fingerprint density at radius 2 is 1.15 bits per heavy atom. The average Bonchev–Trinajstić information content (AvgIpc) is 3.12. The van der Waals surface area contributed by atoms with Gasteiger partial charge in [0.1, 0.15) is 0 Å². The van der Waals surface area contributed by atoms with E-state index in [1.54, 1.807) is 6.08 Å². The van der Waals surface area contributed by atoms with Crippen molar-refractivity contribution in [2.24, 2.45) is 5.73 Å². The zero-order chi connectivity index (χ0) is 38.4.